The molecule has 0 saturated carbocycles. The van der Waals surface area contributed by atoms with Crippen LogP contribution in [0.25, 0.3) is 0 Å². The van der Waals surface area contributed by atoms with Crippen molar-refractivity contribution in [3.8, 4) is 5.75 Å². The molecule has 170 valence electrons. The van der Waals surface area contributed by atoms with Crippen LogP contribution in [-0.4, -0.2) is 40.1 Å². The number of para-hydroxylation sites is 3. The van der Waals surface area contributed by atoms with Crippen molar-refractivity contribution in [1.82, 2.24) is 0 Å². The van der Waals surface area contributed by atoms with E-state index in [1.807, 2.05) is 6.07 Å². The van der Waals surface area contributed by atoms with Crippen LogP contribution < -0.4 is 14.4 Å². The van der Waals surface area contributed by atoms with E-state index in [0.29, 0.717) is 11.3 Å². The summed E-state index contributed by atoms with van der Waals surface area (Å²) in [6.45, 7) is -0.210. The number of amides is 1. The van der Waals surface area contributed by atoms with Crippen LogP contribution in [0.15, 0.2) is 78.9 Å². The zero-order chi connectivity index (χ0) is 23.4. The highest BCUT2D eigenvalue weighted by Crippen LogP contribution is 2.36. The lowest BCUT2D eigenvalue weighted by Crippen LogP contribution is -2.49. The van der Waals surface area contributed by atoms with Crippen molar-refractivity contribution in [3.63, 3.8) is 0 Å². The van der Waals surface area contributed by atoms with Gasteiger partial charge in [-0.3, -0.25) is 9.10 Å². The second-order valence-electron chi connectivity index (χ2n) is 7.37. The average molecular weight is 467 g/mol. The van der Waals surface area contributed by atoms with Crippen molar-refractivity contribution in [2.75, 3.05) is 23.3 Å². The number of anilines is 2. The Morgan fingerprint density at radius 2 is 1.67 bits per heavy atom. The van der Waals surface area contributed by atoms with Gasteiger partial charge < -0.3 is 14.8 Å². The molecule has 33 heavy (non-hydrogen) atoms. The molecule has 0 saturated heterocycles. The van der Waals surface area contributed by atoms with Gasteiger partial charge in [0.1, 0.15) is 5.75 Å². The molecule has 0 aromatic heterocycles. The number of methoxy groups -OCH3 is 1. The van der Waals surface area contributed by atoms with Gasteiger partial charge in [0.25, 0.3) is 5.91 Å². The molecule has 1 atom stereocenters. The number of sulfonamides is 1. The minimum absolute atomic E-state index is 0.179. The van der Waals surface area contributed by atoms with Crippen molar-refractivity contribution in [2.45, 2.75) is 11.9 Å². The van der Waals surface area contributed by atoms with Gasteiger partial charge in [0.2, 0.25) is 10.0 Å². The van der Waals surface area contributed by atoms with E-state index in [-0.39, 0.29) is 29.3 Å². The molecule has 1 amide bonds. The fourth-order valence-electron chi connectivity index (χ4n) is 3.56. The summed E-state index contributed by atoms with van der Waals surface area (Å²) in [6.07, 6.45) is -1.13. The molecule has 0 bridgehead atoms. The third kappa shape index (κ3) is 4.83. The van der Waals surface area contributed by atoms with Gasteiger partial charge in [-0.15, -0.1) is 0 Å². The van der Waals surface area contributed by atoms with Gasteiger partial charge in [-0.25, -0.2) is 13.2 Å². The molecule has 0 aliphatic carbocycles. The van der Waals surface area contributed by atoms with E-state index in [0.717, 1.165) is 0 Å². The lowest BCUT2D eigenvalue weighted by Gasteiger charge is -2.34. The lowest BCUT2D eigenvalue weighted by molar-refractivity contribution is -0.122. The minimum Gasteiger partial charge on any atom is -0.476 e. The zero-order valence-corrected chi connectivity index (χ0v) is 18.6. The highest BCUT2D eigenvalue weighted by molar-refractivity contribution is 7.92. The molecular weight excluding hydrogens is 444 g/mol. The third-order valence-electron chi connectivity index (χ3n) is 5.15. The average Bonchev–Trinajstić information content (AvgIpc) is 2.83. The Balaban J connectivity index is 1.62. The van der Waals surface area contributed by atoms with Gasteiger partial charge in [0, 0.05) is 0 Å². The number of nitrogens with one attached hydrogen (secondary N) is 1. The SMILES string of the molecule is COC(=O)c1ccccc1NC(=O)[C@H]1CN(S(=O)(=O)Cc2ccccc2)c2ccccc2O1. The zero-order valence-electron chi connectivity index (χ0n) is 17.8. The monoisotopic (exact) mass is 466 g/mol. The maximum atomic E-state index is 13.3. The first kappa shape index (κ1) is 22.3. The molecule has 1 aliphatic heterocycles. The summed E-state index contributed by atoms with van der Waals surface area (Å²) in [4.78, 5) is 25.1. The summed E-state index contributed by atoms with van der Waals surface area (Å²) >= 11 is 0. The van der Waals surface area contributed by atoms with Crippen molar-refractivity contribution in [3.05, 3.63) is 90.0 Å². The van der Waals surface area contributed by atoms with Gasteiger partial charge in [-0.2, -0.15) is 0 Å². The highest BCUT2D eigenvalue weighted by Gasteiger charge is 2.37. The summed E-state index contributed by atoms with van der Waals surface area (Å²) in [5.74, 6) is -1.13. The molecule has 1 aliphatic rings. The first-order valence-corrected chi connectivity index (χ1v) is 11.8. The Bertz CT molecular complexity index is 1280. The topological polar surface area (TPSA) is 102 Å². The summed E-state index contributed by atoms with van der Waals surface area (Å²) in [6, 6.07) is 21.9. The smallest absolute Gasteiger partial charge is 0.339 e. The highest BCUT2D eigenvalue weighted by atomic mass is 32.2. The molecule has 1 N–H and O–H groups in total. The van der Waals surface area contributed by atoms with E-state index in [2.05, 4.69) is 5.32 Å². The van der Waals surface area contributed by atoms with E-state index < -0.39 is 28.0 Å². The second kappa shape index (κ2) is 9.33. The van der Waals surface area contributed by atoms with Crippen molar-refractivity contribution in [1.29, 1.82) is 0 Å². The molecule has 3 aromatic rings. The van der Waals surface area contributed by atoms with Crippen LogP contribution in [0.2, 0.25) is 0 Å². The standard InChI is InChI=1S/C24H22N2O6S/c1-31-24(28)18-11-5-6-12-19(18)25-23(27)22-15-26(20-13-7-8-14-21(20)32-22)33(29,30)16-17-9-3-2-4-10-17/h2-14,22H,15-16H2,1H3,(H,25,27)/t22-/m1/s1. The van der Waals surface area contributed by atoms with Crippen molar-refractivity contribution < 1.29 is 27.5 Å². The number of fused-ring (bicyclic) bond motifs is 1. The van der Waals surface area contributed by atoms with Crippen molar-refractivity contribution >= 4 is 33.3 Å². The van der Waals surface area contributed by atoms with Crippen LogP contribution >= 0.6 is 0 Å². The number of carbonyl (C=O) groups is 2. The molecule has 0 unspecified atom stereocenters. The van der Waals surface area contributed by atoms with E-state index in [4.69, 9.17) is 9.47 Å². The van der Waals surface area contributed by atoms with Crippen LogP contribution in [0.1, 0.15) is 15.9 Å². The minimum atomic E-state index is -3.82. The fourth-order valence-corrected chi connectivity index (χ4v) is 5.14. The van der Waals surface area contributed by atoms with Crippen LogP contribution in [0.4, 0.5) is 11.4 Å². The number of rotatable bonds is 6. The number of hydrogen-bond donors (Lipinski definition) is 1. The quantitative estimate of drug-likeness (QED) is 0.560. The predicted molar refractivity (Wildman–Crippen MR) is 124 cm³/mol. The number of benzene rings is 3. The molecule has 3 aromatic carbocycles. The Kier molecular flexibility index (Phi) is 6.32. The number of nitrogens with zero attached hydrogens (tertiary/aromatic N) is 1. The molecule has 4 rings (SSSR count). The van der Waals surface area contributed by atoms with Gasteiger partial charge in [0.05, 0.1) is 36.3 Å². The van der Waals surface area contributed by atoms with E-state index >= 15 is 0 Å². The summed E-state index contributed by atoms with van der Waals surface area (Å²) in [7, 11) is -2.57. The van der Waals surface area contributed by atoms with Crippen LogP contribution in [0, 0.1) is 0 Å². The Hall–Kier alpha value is -3.85. The normalized spacial score (nSPS) is 15.2. The molecule has 8 nitrogen and oxygen atoms in total. The maximum Gasteiger partial charge on any atom is 0.339 e. The number of ether oxygens (including phenoxy) is 2. The molecular formula is C24H22N2O6S. The van der Waals surface area contributed by atoms with E-state index in [9.17, 15) is 18.0 Å². The maximum absolute atomic E-state index is 13.3. The third-order valence-corrected chi connectivity index (χ3v) is 6.86. The number of hydrogen-bond acceptors (Lipinski definition) is 6. The van der Waals surface area contributed by atoms with Crippen LogP contribution in [0.5, 0.6) is 5.75 Å². The first-order chi connectivity index (χ1) is 15.9. The Labute approximate surface area is 191 Å². The predicted octanol–water partition coefficient (Wildman–Crippen LogP) is 3.21. The molecule has 9 heteroatoms. The van der Waals surface area contributed by atoms with Crippen molar-refractivity contribution in [2.24, 2.45) is 0 Å². The lowest BCUT2D eigenvalue weighted by atomic mass is 10.1. The van der Waals surface area contributed by atoms with Gasteiger partial charge in [-0.05, 0) is 29.8 Å². The summed E-state index contributed by atoms with van der Waals surface area (Å²) in [5.41, 5.74) is 1.43. The Morgan fingerprint density at radius 3 is 2.42 bits per heavy atom. The molecule has 1 heterocycles. The van der Waals surface area contributed by atoms with Gasteiger partial charge >= 0.3 is 5.97 Å². The summed E-state index contributed by atoms with van der Waals surface area (Å²) < 4.78 is 38.4. The largest absolute Gasteiger partial charge is 0.476 e. The first-order valence-electron chi connectivity index (χ1n) is 10.2. The molecule has 0 fully saturated rings. The number of carbonyl (C=O) groups excluding carboxylic acids is 2. The van der Waals surface area contributed by atoms with Crippen LogP contribution in [-0.2, 0) is 25.3 Å². The molecule has 0 spiro atoms. The van der Waals surface area contributed by atoms with Gasteiger partial charge in [0.15, 0.2) is 6.10 Å². The summed E-state index contributed by atoms with van der Waals surface area (Å²) in [5, 5.41) is 2.66. The van der Waals surface area contributed by atoms with E-state index in [1.54, 1.807) is 66.7 Å². The molecule has 0 radical (unpaired) electrons. The second-order valence-corrected chi connectivity index (χ2v) is 9.27. The van der Waals surface area contributed by atoms with Gasteiger partial charge in [-0.1, -0.05) is 54.6 Å². The fraction of sp³-hybridized carbons (Fsp3) is 0.167. The van der Waals surface area contributed by atoms with E-state index in [1.165, 1.54) is 17.5 Å². The number of esters is 1. The van der Waals surface area contributed by atoms with Crippen LogP contribution in [0.3, 0.4) is 0 Å². The Morgan fingerprint density at radius 1 is 1.00 bits per heavy atom.